The van der Waals surface area contributed by atoms with Crippen molar-refractivity contribution in [1.82, 2.24) is 20.2 Å². The Morgan fingerprint density at radius 3 is 2.65 bits per heavy atom. The van der Waals surface area contributed by atoms with Crippen LogP contribution >= 0.6 is 0 Å². The third-order valence-corrected chi connectivity index (χ3v) is 6.75. The van der Waals surface area contributed by atoms with Crippen LogP contribution in [-0.2, 0) is 20.8 Å². The molecule has 214 valence electrons. The summed E-state index contributed by atoms with van der Waals surface area (Å²) >= 11 is 0. The second-order valence-corrected chi connectivity index (χ2v) is 10.4. The fourth-order valence-corrected chi connectivity index (χ4v) is 4.71. The first-order chi connectivity index (χ1) is 18.9. The maximum atomic E-state index is 13.8. The number of amides is 3. The third kappa shape index (κ3) is 6.41. The maximum absolute atomic E-state index is 13.8. The Bertz CT molecular complexity index is 1290. The molecule has 2 aliphatic rings. The smallest absolute Gasteiger partial charge is 0.258 e. The molecule has 1 aromatic carbocycles. The first-order valence-corrected chi connectivity index (χ1v) is 12.7. The molecule has 3 amide bonds. The van der Waals surface area contributed by atoms with Gasteiger partial charge in [0.15, 0.2) is 0 Å². The number of hydrogen-bond donors (Lipinski definition) is 2. The lowest BCUT2D eigenvalue weighted by atomic mass is 9.74. The summed E-state index contributed by atoms with van der Waals surface area (Å²) in [6.07, 6.45) is -1.05. The zero-order valence-corrected chi connectivity index (χ0v) is 22.1. The molecule has 13 heteroatoms. The van der Waals surface area contributed by atoms with Gasteiger partial charge < -0.3 is 20.7 Å². The lowest BCUT2D eigenvalue weighted by Gasteiger charge is -2.40. The van der Waals surface area contributed by atoms with Crippen LogP contribution in [0.5, 0.6) is 5.75 Å². The van der Waals surface area contributed by atoms with Gasteiger partial charge in [0.05, 0.1) is 11.3 Å². The summed E-state index contributed by atoms with van der Waals surface area (Å²) < 4.78 is 45.8. The quantitative estimate of drug-likeness (QED) is 0.456. The van der Waals surface area contributed by atoms with Crippen LogP contribution in [0.15, 0.2) is 53.8 Å². The van der Waals surface area contributed by atoms with Gasteiger partial charge in [0.1, 0.15) is 36.2 Å². The van der Waals surface area contributed by atoms with Crippen molar-refractivity contribution in [3.8, 4) is 5.75 Å². The first-order valence-electron chi connectivity index (χ1n) is 12.7. The lowest BCUT2D eigenvalue weighted by molar-refractivity contribution is -0.144. The highest BCUT2D eigenvalue weighted by Gasteiger charge is 2.55. The molecule has 4 rings (SSSR count). The number of hydrogen-bond acceptors (Lipinski definition) is 7. The SMILES string of the molecule is CC(C)(N)C(=O)NC(COc1cccc(F)c1)C(=O)N1CCC2=NN(CC(F)F)C(=O)[C@]2(Cc2ccccn2)C1. The number of pyridine rings is 1. The summed E-state index contributed by atoms with van der Waals surface area (Å²) in [5.74, 6) is -2.25. The fraction of sp³-hybridized carbons (Fsp3) is 0.444. The molecular weight excluding hydrogens is 529 g/mol. The van der Waals surface area contributed by atoms with Crippen LogP contribution in [-0.4, -0.2) is 82.6 Å². The third-order valence-electron chi connectivity index (χ3n) is 6.75. The van der Waals surface area contributed by atoms with E-state index in [0.717, 1.165) is 11.1 Å². The second kappa shape index (κ2) is 11.6. The van der Waals surface area contributed by atoms with Gasteiger partial charge in [-0.1, -0.05) is 12.1 Å². The van der Waals surface area contributed by atoms with Crippen molar-refractivity contribution < 1.29 is 32.3 Å². The van der Waals surface area contributed by atoms with Gasteiger partial charge in [0.2, 0.25) is 11.8 Å². The summed E-state index contributed by atoms with van der Waals surface area (Å²) in [5, 5.41) is 7.57. The Labute approximate surface area is 229 Å². The largest absolute Gasteiger partial charge is 0.491 e. The number of benzene rings is 1. The molecule has 2 aliphatic heterocycles. The number of nitrogens with zero attached hydrogens (tertiary/aromatic N) is 4. The van der Waals surface area contributed by atoms with Crippen molar-refractivity contribution in [1.29, 1.82) is 0 Å². The second-order valence-electron chi connectivity index (χ2n) is 10.4. The predicted octanol–water partition coefficient (Wildman–Crippen LogP) is 1.75. The minimum atomic E-state index is -2.79. The van der Waals surface area contributed by atoms with E-state index >= 15 is 0 Å². The van der Waals surface area contributed by atoms with Gasteiger partial charge in [-0.25, -0.2) is 18.2 Å². The highest BCUT2D eigenvalue weighted by molar-refractivity contribution is 6.13. The molecule has 10 nitrogen and oxygen atoms in total. The number of nitrogens with one attached hydrogen (secondary N) is 1. The van der Waals surface area contributed by atoms with E-state index < -0.39 is 53.5 Å². The summed E-state index contributed by atoms with van der Waals surface area (Å²) in [6.45, 7) is 1.68. The molecule has 1 fully saturated rings. The normalized spacial score (nSPS) is 19.8. The molecule has 2 aromatic rings. The van der Waals surface area contributed by atoms with Crippen LogP contribution in [0, 0.1) is 11.2 Å². The van der Waals surface area contributed by atoms with Gasteiger partial charge in [0.25, 0.3) is 12.3 Å². The van der Waals surface area contributed by atoms with E-state index in [1.807, 2.05) is 0 Å². The van der Waals surface area contributed by atoms with E-state index in [9.17, 15) is 27.6 Å². The van der Waals surface area contributed by atoms with Crippen LogP contribution in [0.25, 0.3) is 0 Å². The number of piperidine rings is 1. The summed E-state index contributed by atoms with van der Waals surface area (Å²) in [5.41, 5.74) is 4.12. The van der Waals surface area contributed by atoms with Crippen LogP contribution in [0.2, 0.25) is 0 Å². The molecule has 2 atom stereocenters. The molecule has 0 spiro atoms. The van der Waals surface area contributed by atoms with E-state index in [1.165, 1.54) is 36.9 Å². The van der Waals surface area contributed by atoms with Crippen LogP contribution in [0.1, 0.15) is 26.0 Å². The van der Waals surface area contributed by atoms with E-state index in [2.05, 4.69) is 15.4 Å². The van der Waals surface area contributed by atoms with Crippen molar-refractivity contribution in [3.63, 3.8) is 0 Å². The zero-order chi connectivity index (χ0) is 29.1. The summed E-state index contributed by atoms with van der Waals surface area (Å²) in [6, 6.07) is 9.22. The molecule has 3 N–H and O–H groups in total. The Kier molecular flexibility index (Phi) is 8.43. The van der Waals surface area contributed by atoms with Crippen molar-refractivity contribution in [2.45, 2.75) is 44.7 Å². The molecule has 40 heavy (non-hydrogen) atoms. The molecular formula is C27H31F3N6O4. The molecule has 1 unspecified atom stereocenters. The number of aromatic nitrogens is 1. The number of carbonyl (C=O) groups is 3. The van der Waals surface area contributed by atoms with Crippen molar-refractivity contribution in [3.05, 3.63) is 60.2 Å². The number of likely N-dealkylation sites (tertiary alicyclic amines) is 1. The summed E-state index contributed by atoms with van der Waals surface area (Å²) in [4.78, 5) is 45.8. The topological polar surface area (TPSA) is 130 Å². The van der Waals surface area contributed by atoms with Crippen molar-refractivity contribution >= 4 is 23.4 Å². The number of rotatable bonds is 10. The van der Waals surface area contributed by atoms with E-state index in [-0.39, 0.29) is 38.3 Å². The molecule has 0 saturated carbocycles. The van der Waals surface area contributed by atoms with Gasteiger partial charge in [-0.15, -0.1) is 0 Å². The monoisotopic (exact) mass is 560 g/mol. The minimum absolute atomic E-state index is 0.0433. The van der Waals surface area contributed by atoms with Gasteiger partial charge in [-0.3, -0.25) is 19.4 Å². The fourth-order valence-electron chi connectivity index (χ4n) is 4.71. The van der Waals surface area contributed by atoms with Crippen LogP contribution in [0.4, 0.5) is 13.2 Å². The molecule has 0 bridgehead atoms. The van der Waals surface area contributed by atoms with Gasteiger partial charge in [-0.2, -0.15) is 5.10 Å². The number of fused-ring (bicyclic) bond motifs is 1. The number of hydrazone groups is 1. The standard InChI is InChI=1S/C27H31F3N6O4/c1-26(2,31)24(38)33-20(15-40-19-8-5-6-17(28)12-19)23(37)35-11-9-21-27(16-35,13-18-7-3-4-10-32-18)25(39)36(34-21)14-22(29)30/h3-8,10,12,20,22H,9,11,13-16,31H2,1-2H3,(H,33,38)/t20?,27-/m1/s1. The predicted molar refractivity (Wildman–Crippen MR) is 139 cm³/mol. The molecule has 0 radical (unpaired) electrons. The van der Waals surface area contributed by atoms with E-state index in [1.54, 1.807) is 24.4 Å². The molecule has 1 saturated heterocycles. The highest BCUT2D eigenvalue weighted by atomic mass is 19.3. The zero-order valence-electron chi connectivity index (χ0n) is 22.1. The average Bonchev–Trinajstić information content (AvgIpc) is 3.15. The number of carbonyl (C=O) groups excluding carboxylic acids is 3. The van der Waals surface area contributed by atoms with Crippen LogP contribution in [0.3, 0.4) is 0 Å². The van der Waals surface area contributed by atoms with Crippen LogP contribution < -0.4 is 15.8 Å². The number of ether oxygens (including phenoxy) is 1. The van der Waals surface area contributed by atoms with Gasteiger partial charge in [0, 0.05) is 43.9 Å². The Balaban J connectivity index is 1.61. The first kappa shape index (κ1) is 29.0. The van der Waals surface area contributed by atoms with Crippen molar-refractivity contribution in [2.75, 3.05) is 26.2 Å². The molecule has 3 heterocycles. The lowest BCUT2D eigenvalue weighted by Crippen LogP contribution is -2.62. The Morgan fingerprint density at radius 1 is 1.23 bits per heavy atom. The number of nitrogens with two attached hydrogens (primary N) is 1. The molecule has 0 aliphatic carbocycles. The number of alkyl halides is 2. The van der Waals surface area contributed by atoms with Crippen molar-refractivity contribution in [2.24, 2.45) is 16.3 Å². The Morgan fingerprint density at radius 2 is 2.00 bits per heavy atom. The molecule has 1 aromatic heterocycles. The number of halogens is 3. The Hall–Kier alpha value is -4.00. The average molecular weight is 561 g/mol. The van der Waals surface area contributed by atoms with Gasteiger partial charge in [-0.05, 0) is 38.1 Å². The van der Waals surface area contributed by atoms with Gasteiger partial charge >= 0.3 is 0 Å². The van der Waals surface area contributed by atoms with E-state index in [4.69, 9.17) is 10.5 Å². The summed E-state index contributed by atoms with van der Waals surface area (Å²) in [7, 11) is 0. The minimum Gasteiger partial charge on any atom is -0.491 e. The maximum Gasteiger partial charge on any atom is 0.258 e. The van der Waals surface area contributed by atoms with E-state index in [0.29, 0.717) is 11.4 Å². The highest BCUT2D eigenvalue weighted by Crippen LogP contribution is 2.38.